The number of amides is 1. The van der Waals surface area contributed by atoms with Gasteiger partial charge in [0.1, 0.15) is 5.69 Å². The molecule has 5 rings (SSSR count). The average molecular weight is 568 g/mol. The van der Waals surface area contributed by atoms with Crippen molar-refractivity contribution in [2.24, 2.45) is 0 Å². The summed E-state index contributed by atoms with van der Waals surface area (Å²) < 4.78 is 40.7. The number of carbonyl (C=O) groups is 2. The van der Waals surface area contributed by atoms with Gasteiger partial charge in [0.05, 0.1) is 30.1 Å². The molecule has 4 aromatic rings. The van der Waals surface area contributed by atoms with Crippen molar-refractivity contribution in [3.63, 3.8) is 0 Å². The Hall–Kier alpha value is -4.61. The normalized spacial score (nSPS) is 13.4. The minimum atomic E-state index is -5.31. The second-order valence-electron chi connectivity index (χ2n) is 9.02. The molecule has 0 fully saturated rings. The molecule has 1 amide bonds. The van der Waals surface area contributed by atoms with Gasteiger partial charge in [0.25, 0.3) is 5.91 Å². The number of fused-ring (bicyclic) bond motifs is 1. The number of anilines is 1. The van der Waals surface area contributed by atoms with E-state index in [-0.39, 0.29) is 17.2 Å². The van der Waals surface area contributed by atoms with Crippen molar-refractivity contribution in [2.75, 3.05) is 18.7 Å². The molecule has 14 heteroatoms. The van der Waals surface area contributed by atoms with E-state index in [2.05, 4.69) is 20.1 Å². The maximum atomic E-state index is 13.4. The van der Waals surface area contributed by atoms with Gasteiger partial charge in [-0.15, -0.1) is 10.2 Å². The van der Waals surface area contributed by atoms with Gasteiger partial charge in [0.15, 0.2) is 0 Å². The SMILES string of the molecule is CN1CCc2nc(N(OC(=O)C(F)(F)F)C(=O)c3cccc(Cn4cc(-c5ccc(C#N)cc5)nn4)c3)sc2C1. The molecular weight excluding hydrogens is 547 g/mol. The first-order chi connectivity index (χ1) is 19.1. The highest BCUT2D eigenvalue weighted by Gasteiger charge is 2.44. The van der Waals surface area contributed by atoms with Crippen LogP contribution in [0.1, 0.15) is 32.1 Å². The highest BCUT2D eigenvalue weighted by molar-refractivity contribution is 7.15. The Morgan fingerprint density at radius 2 is 1.98 bits per heavy atom. The Balaban J connectivity index is 1.39. The molecule has 1 aliphatic heterocycles. The maximum absolute atomic E-state index is 13.4. The molecule has 0 saturated heterocycles. The molecule has 1 aliphatic rings. The van der Waals surface area contributed by atoms with Gasteiger partial charge < -0.3 is 9.74 Å². The van der Waals surface area contributed by atoms with Gasteiger partial charge in [-0.25, -0.2) is 14.5 Å². The molecular formula is C26H20F3N7O3S. The number of halogens is 3. The van der Waals surface area contributed by atoms with Crippen molar-refractivity contribution in [1.82, 2.24) is 24.9 Å². The van der Waals surface area contributed by atoms with Crippen molar-refractivity contribution in [3.05, 3.63) is 82.0 Å². The van der Waals surface area contributed by atoms with Crippen molar-refractivity contribution in [3.8, 4) is 17.3 Å². The molecule has 204 valence electrons. The third-order valence-electron chi connectivity index (χ3n) is 6.04. The van der Waals surface area contributed by atoms with Gasteiger partial charge in [-0.05, 0) is 36.9 Å². The molecule has 0 spiro atoms. The minimum absolute atomic E-state index is 0.00908. The van der Waals surface area contributed by atoms with Crippen LogP contribution in [0.25, 0.3) is 11.3 Å². The van der Waals surface area contributed by atoms with Gasteiger partial charge in [0, 0.05) is 35.5 Å². The number of benzene rings is 2. The topological polar surface area (TPSA) is 117 Å². The van der Waals surface area contributed by atoms with Crippen LogP contribution < -0.4 is 5.06 Å². The Morgan fingerprint density at radius 3 is 2.70 bits per heavy atom. The van der Waals surface area contributed by atoms with Crippen LogP contribution in [0.4, 0.5) is 18.3 Å². The van der Waals surface area contributed by atoms with E-state index in [0.29, 0.717) is 47.1 Å². The summed E-state index contributed by atoms with van der Waals surface area (Å²) >= 11 is 1.00. The van der Waals surface area contributed by atoms with E-state index in [1.54, 1.807) is 42.6 Å². The standard InChI is InChI=1S/C26H20F3N7O3S/c1-34-10-9-20-22(15-34)40-25(31-20)36(39-24(38)26(27,28)29)23(37)19-4-2-3-17(11-19)13-35-14-21(32-33-35)18-7-5-16(12-30)6-8-18/h2-8,11,14H,9-10,13,15H2,1H3. The van der Waals surface area contributed by atoms with Crippen molar-refractivity contribution in [2.45, 2.75) is 25.7 Å². The fraction of sp³-hybridized carbons (Fsp3) is 0.231. The monoisotopic (exact) mass is 567 g/mol. The van der Waals surface area contributed by atoms with Crippen LogP contribution in [0.2, 0.25) is 0 Å². The lowest BCUT2D eigenvalue weighted by Crippen LogP contribution is -2.38. The third kappa shape index (κ3) is 5.85. The molecule has 3 heterocycles. The van der Waals surface area contributed by atoms with Crippen molar-refractivity contribution >= 4 is 28.3 Å². The number of likely N-dealkylation sites (N-methyl/N-ethyl adjacent to an activating group) is 1. The van der Waals surface area contributed by atoms with Gasteiger partial charge in [-0.2, -0.15) is 18.4 Å². The van der Waals surface area contributed by atoms with Crippen LogP contribution in [0.15, 0.2) is 54.7 Å². The number of aromatic nitrogens is 4. The van der Waals surface area contributed by atoms with Crippen molar-refractivity contribution in [1.29, 1.82) is 5.26 Å². The number of nitrogens with zero attached hydrogens (tertiary/aromatic N) is 7. The van der Waals surface area contributed by atoms with E-state index in [0.717, 1.165) is 21.8 Å². The zero-order valence-corrected chi connectivity index (χ0v) is 21.7. The Labute approximate surface area is 229 Å². The van der Waals surface area contributed by atoms with E-state index in [9.17, 15) is 22.8 Å². The first-order valence-electron chi connectivity index (χ1n) is 11.9. The van der Waals surface area contributed by atoms with Crippen LogP contribution in [-0.4, -0.2) is 56.5 Å². The van der Waals surface area contributed by atoms with Crippen LogP contribution in [0, 0.1) is 11.3 Å². The third-order valence-corrected chi connectivity index (χ3v) is 7.09. The molecule has 2 aromatic heterocycles. The molecule has 40 heavy (non-hydrogen) atoms. The number of thiazole rings is 1. The predicted octanol–water partition coefficient (Wildman–Crippen LogP) is 3.98. The van der Waals surface area contributed by atoms with E-state index in [1.165, 1.54) is 16.8 Å². The summed E-state index contributed by atoms with van der Waals surface area (Å²) in [6.07, 6.45) is -3.07. The number of hydrogen-bond acceptors (Lipinski definition) is 9. The van der Waals surface area contributed by atoms with E-state index >= 15 is 0 Å². The second-order valence-corrected chi connectivity index (χ2v) is 10.1. The Morgan fingerprint density at radius 1 is 1.20 bits per heavy atom. The molecule has 0 N–H and O–H groups in total. The number of rotatable bonds is 5. The summed E-state index contributed by atoms with van der Waals surface area (Å²) in [6.45, 7) is 1.41. The molecule has 0 radical (unpaired) electrons. The first kappa shape index (κ1) is 27.0. The smallest absolute Gasteiger partial charge is 0.322 e. The Kier molecular flexibility index (Phi) is 7.33. The number of carbonyl (C=O) groups excluding carboxylic acids is 2. The minimum Gasteiger partial charge on any atom is -0.322 e. The van der Waals surface area contributed by atoms with Crippen LogP contribution in [0.5, 0.6) is 0 Å². The molecule has 0 unspecified atom stereocenters. The van der Waals surface area contributed by atoms with E-state index in [4.69, 9.17) is 5.26 Å². The van der Waals surface area contributed by atoms with Crippen molar-refractivity contribution < 1.29 is 27.6 Å². The molecule has 0 aliphatic carbocycles. The van der Waals surface area contributed by atoms with Gasteiger partial charge >= 0.3 is 12.1 Å². The van der Waals surface area contributed by atoms with E-state index in [1.807, 2.05) is 18.0 Å². The number of hydroxylamine groups is 1. The van der Waals surface area contributed by atoms with E-state index < -0.39 is 18.1 Å². The van der Waals surface area contributed by atoms with Crippen LogP contribution in [0.3, 0.4) is 0 Å². The molecule has 0 bridgehead atoms. The summed E-state index contributed by atoms with van der Waals surface area (Å²) in [5.41, 5.74) is 3.08. The summed E-state index contributed by atoms with van der Waals surface area (Å²) in [6, 6.07) is 15.0. The number of alkyl halides is 3. The Bertz CT molecular complexity index is 1610. The first-order valence-corrected chi connectivity index (χ1v) is 12.7. The van der Waals surface area contributed by atoms with Crippen LogP contribution in [-0.2, 0) is 29.1 Å². The van der Waals surface area contributed by atoms with Crippen LogP contribution >= 0.6 is 11.3 Å². The number of hydrogen-bond donors (Lipinski definition) is 0. The molecule has 2 aromatic carbocycles. The quantitative estimate of drug-likeness (QED) is 0.333. The molecule has 0 saturated carbocycles. The summed E-state index contributed by atoms with van der Waals surface area (Å²) in [5.74, 6) is -3.50. The highest BCUT2D eigenvalue weighted by Crippen LogP contribution is 2.32. The highest BCUT2D eigenvalue weighted by atomic mass is 32.1. The number of nitriles is 1. The zero-order chi connectivity index (χ0) is 28.4. The average Bonchev–Trinajstić information content (AvgIpc) is 3.57. The second kappa shape index (κ2) is 10.9. The lowest BCUT2D eigenvalue weighted by Gasteiger charge is -2.20. The maximum Gasteiger partial charge on any atom is 0.493 e. The van der Waals surface area contributed by atoms with Gasteiger partial charge in [-0.1, -0.05) is 40.8 Å². The van der Waals surface area contributed by atoms with Gasteiger partial charge in [0.2, 0.25) is 5.13 Å². The lowest BCUT2D eigenvalue weighted by atomic mass is 10.1. The largest absolute Gasteiger partial charge is 0.493 e. The summed E-state index contributed by atoms with van der Waals surface area (Å²) in [4.78, 5) is 36.8. The fourth-order valence-electron chi connectivity index (χ4n) is 4.03. The van der Waals surface area contributed by atoms with Gasteiger partial charge in [-0.3, -0.25) is 4.79 Å². The predicted molar refractivity (Wildman–Crippen MR) is 137 cm³/mol. The lowest BCUT2D eigenvalue weighted by molar-refractivity contribution is -0.199. The summed E-state index contributed by atoms with van der Waals surface area (Å²) in [5, 5.41) is 17.4. The fourth-order valence-corrected chi connectivity index (χ4v) is 5.16. The summed E-state index contributed by atoms with van der Waals surface area (Å²) in [7, 11) is 1.89. The molecule has 0 atom stereocenters. The zero-order valence-electron chi connectivity index (χ0n) is 20.9. The molecule has 10 nitrogen and oxygen atoms in total.